The van der Waals surface area contributed by atoms with Crippen LogP contribution in [0.1, 0.15) is 52.4 Å². The largest absolute Gasteiger partial charge is 0.364 e. The summed E-state index contributed by atoms with van der Waals surface area (Å²) < 4.78 is 0. The highest BCUT2D eigenvalue weighted by Gasteiger charge is 2.60. The molecule has 5 fully saturated rings. The second-order valence-corrected chi connectivity index (χ2v) is 11.7. The number of nitrogens with zero attached hydrogens (tertiary/aromatic N) is 4. The quantitative estimate of drug-likeness (QED) is 0.812. The van der Waals surface area contributed by atoms with E-state index in [0.29, 0.717) is 10.8 Å². The number of rotatable bonds is 3. The molecule has 2 unspecified atom stereocenters. The number of piperazine rings is 1. The number of anilines is 2. The zero-order valence-corrected chi connectivity index (χ0v) is 18.7. The minimum atomic E-state index is 0.194. The van der Waals surface area contributed by atoms with E-state index in [-0.39, 0.29) is 5.54 Å². The van der Waals surface area contributed by atoms with Crippen molar-refractivity contribution < 1.29 is 0 Å². The summed E-state index contributed by atoms with van der Waals surface area (Å²) in [6, 6.07) is 8.55. The first-order valence-electron chi connectivity index (χ1n) is 11.8. The lowest BCUT2D eigenvalue weighted by atomic mass is 9.43. The normalized spacial score (nSPS) is 38.4. The van der Waals surface area contributed by atoms with Crippen LogP contribution in [-0.4, -0.2) is 53.6 Å². The molecule has 4 aliphatic carbocycles. The number of para-hydroxylation sites is 1. The molecule has 5 aliphatic rings. The van der Waals surface area contributed by atoms with Crippen molar-refractivity contribution in [1.82, 2.24) is 14.9 Å². The molecule has 1 aromatic heterocycles. The molecule has 1 N–H and O–H groups in total. The van der Waals surface area contributed by atoms with Crippen molar-refractivity contribution in [2.24, 2.45) is 16.7 Å². The van der Waals surface area contributed by atoms with Crippen LogP contribution >= 0.6 is 0 Å². The SMILES string of the molecule is CN1CCN(c2nc(NC34CC5CC(C)(CC(C)(C5)C3)C4)c3ccccc3n2)CC1. The standard InChI is InChI=1S/C25H35N5/c1-23-12-18-13-24(2,15-23)17-25(14-18,16-23)28-21-19-6-4-5-7-20(19)26-22(27-21)30-10-8-29(3)9-11-30/h4-7,18H,8-17H2,1-3H3,(H,26,27,28). The Bertz CT molecular complexity index is 961. The third-order valence-corrected chi connectivity index (χ3v) is 8.39. The highest BCUT2D eigenvalue weighted by atomic mass is 15.3. The Balaban J connectivity index is 1.39. The van der Waals surface area contributed by atoms with E-state index in [1.165, 1.54) is 43.9 Å². The lowest BCUT2D eigenvalue weighted by molar-refractivity contribution is -0.0973. The van der Waals surface area contributed by atoms with Crippen LogP contribution in [0.15, 0.2) is 24.3 Å². The second kappa shape index (κ2) is 6.32. The molecule has 4 saturated carbocycles. The van der Waals surface area contributed by atoms with Gasteiger partial charge in [0.05, 0.1) is 5.52 Å². The van der Waals surface area contributed by atoms with Crippen molar-refractivity contribution in [2.75, 3.05) is 43.4 Å². The van der Waals surface area contributed by atoms with Crippen molar-refractivity contribution >= 4 is 22.7 Å². The number of likely N-dealkylation sites (N-methyl/N-ethyl adjacent to an activating group) is 1. The van der Waals surface area contributed by atoms with Gasteiger partial charge in [-0.05, 0) is 74.5 Å². The van der Waals surface area contributed by atoms with Gasteiger partial charge in [-0.1, -0.05) is 26.0 Å². The van der Waals surface area contributed by atoms with Crippen LogP contribution in [0, 0.1) is 16.7 Å². The molecule has 2 heterocycles. The van der Waals surface area contributed by atoms with Crippen molar-refractivity contribution in [3.05, 3.63) is 24.3 Å². The van der Waals surface area contributed by atoms with E-state index in [1.807, 2.05) is 0 Å². The van der Waals surface area contributed by atoms with Gasteiger partial charge in [0, 0.05) is 37.1 Å². The number of aromatic nitrogens is 2. The van der Waals surface area contributed by atoms with Crippen LogP contribution in [0.3, 0.4) is 0 Å². The molecule has 0 spiro atoms. The third-order valence-electron chi connectivity index (χ3n) is 8.39. The first-order chi connectivity index (χ1) is 14.3. The zero-order valence-electron chi connectivity index (χ0n) is 18.7. The van der Waals surface area contributed by atoms with Crippen LogP contribution in [0.25, 0.3) is 10.9 Å². The van der Waals surface area contributed by atoms with Crippen molar-refractivity contribution in [3.8, 4) is 0 Å². The number of hydrogen-bond acceptors (Lipinski definition) is 5. The number of benzene rings is 1. The van der Waals surface area contributed by atoms with E-state index in [1.54, 1.807) is 0 Å². The molecule has 5 heteroatoms. The van der Waals surface area contributed by atoms with Gasteiger partial charge in [0.1, 0.15) is 5.82 Å². The summed E-state index contributed by atoms with van der Waals surface area (Å²) in [6.07, 6.45) is 8.12. The molecule has 160 valence electrons. The van der Waals surface area contributed by atoms with E-state index in [4.69, 9.17) is 9.97 Å². The number of hydrogen-bond donors (Lipinski definition) is 1. The van der Waals surface area contributed by atoms with Gasteiger partial charge in [-0.2, -0.15) is 4.98 Å². The Morgan fingerprint density at radius 3 is 2.30 bits per heavy atom. The fourth-order valence-corrected chi connectivity index (χ4v) is 8.15. The lowest BCUT2D eigenvalue weighted by Crippen LogP contribution is -2.61. The van der Waals surface area contributed by atoms with Crippen molar-refractivity contribution in [3.63, 3.8) is 0 Å². The summed E-state index contributed by atoms with van der Waals surface area (Å²) in [7, 11) is 2.19. The maximum absolute atomic E-state index is 5.16. The minimum Gasteiger partial charge on any atom is -0.364 e. The first-order valence-corrected chi connectivity index (χ1v) is 11.8. The molecule has 1 saturated heterocycles. The van der Waals surface area contributed by atoms with Crippen LogP contribution in [0.4, 0.5) is 11.8 Å². The average Bonchev–Trinajstić information content (AvgIpc) is 2.65. The molecule has 5 nitrogen and oxygen atoms in total. The Labute approximate surface area is 180 Å². The molecule has 1 aromatic carbocycles. The van der Waals surface area contributed by atoms with Gasteiger partial charge < -0.3 is 15.1 Å². The first kappa shape index (κ1) is 18.9. The Morgan fingerprint density at radius 2 is 1.60 bits per heavy atom. The smallest absolute Gasteiger partial charge is 0.227 e. The average molecular weight is 406 g/mol. The monoisotopic (exact) mass is 405 g/mol. The fourth-order valence-electron chi connectivity index (χ4n) is 8.15. The Kier molecular flexibility index (Phi) is 3.97. The molecular weight excluding hydrogens is 370 g/mol. The summed E-state index contributed by atoms with van der Waals surface area (Å²) >= 11 is 0. The Morgan fingerprint density at radius 1 is 0.900 bits per heavy atom. The van der Waals surface area contributed by atoms with E-state index in [9.17, 15) is 0 Å². The highest BCUT2D eigenvalue weighted by molar-refractivity contribution is 5.90. The fraction of sp³-hybridized carbons (Fsp3) is 0.680. The van der Waals surface area contributed by atoms with E-state index in [2.05, 4.69) is 60.3 Å². The van der Waals surface area contributed by atoms with E-state index in [0.717, 1.165) is 49.4 Å². The molecule has 2 atom stereocenters. The van der Waals surface area contributed by atoms with Gasteiger partial charge in [0.25, 0.3) is 0 Å². The maximum atomic E-state index is 5.16. The zero-order chi connectivity index (χ0) is 20.6. The molecule has 30 heavy (non-hydrogen) atoms. The van der Waals surface area contributed by atoms with Gasteiger partial charge >= 0.3 is 0 Å². The van der Waals surface area contributed by atoms with Gasteiger partial charge in [0.15, 0.2) is 0 Å². The summed E-state index contributed by atoms with van der Waals surface area (Å²) in [5.41, 5.74) is 2.24. The summed E-state index contributed by atoms with van der Waals surface area (Å²) in [5.74, 6) is 2.82. The summed E-state index contributed by atoms with van der Waals surface area (Å²) in [6.45, 7) is 9.22. The third kappa shape index (κ3) is 3.08. The number of fused-ring (bicyclic) bond motifs is 1. The molecular formula is C25H35N5. The summed E-state index contributed by atoms with van der Waals surface area (Å²) in [5, 5.41) is 5.25. The van der Waals surface area contributed by atoms with Gasteiger partial charge in [-0.3, -0.25) is 0 Å². The second-order valence-electron chi connectivity index (χ2n) is 11.7. The van der Waals surface area contributed by atoms with Crippen LogP contribution in [0.5, 0.6) is 0 Å². The predicted molar refractivity (Wildman–Crippen MR) is 123 cm³/mol. The molecule has 2 aromatic rings. The molecule has 0 amide bonds. The summed E-state index contributed by atoms with van der Waals surface area (Å²) in [4.78, 5) is 14.9. The van der Waals surface area contributed by atoms with E-state index < -0.39 is 0 Å². The minimum absolute atomic E-state index is 0.194. The van der Waals surface area contributed by atoms with E-state index >= 15 is 0 Å². The Hall–Kier alpha value is -1.88. The highest BCUT2D eigenvalue weighted by Crippen LogP contribution is 2.66. The molecule has 4 bridgehead atoms. The van der Waals surface area contributed by atoms with Crippen molar-refractivity contribution in [2.45, 2.75) is 57.9 Å². The van der Waals surface area contributed by atoms with Crippen LogP contribution in [-0.2, 0) is 0 Å². The lowest BCUT2D eigenvalue weighted by Gasteiger charge is -2.65. The molecule has 1 aliphatic heterocycles. The maximum Gasteiger partial charge on any atom is 0.227 e. The van der Waals surface area contributed by atoms with Gasteiger partial charge in [-0.15, -0.1) is 0 Å². The predicted octanol–water partition coefficient (Wildman–Crippen LogP) is 4.54. The van der Waals surface area contributed by atoms with Crippen LogP contribution in [0.2, 0.25) is 0 Å². The number of nitrogens with one attached hydrogen (secondary N) is 1. The molecule has 7 rings (SSSR count). The van der Waals surface area contributed by atoms with Gasteiger partial charge in [-0.25, -0.2) is 4.98 Å². The van der Waals surface area contributed by atoms with Crippen LogP contribution < -0.4 is 10.2 Å². The molecule has 0 radical (unpaired) electrons. The van der Waals surface area contributed by atoms with Gasteiger partial charge in [0.2, 0.25) is 5.95 Å². The van der Waals surface area contributed by atoms with Crippen molar-refractivity contribution in [1.29, 1.82) is 0 Å². The topological polar surface area (TPSA) is 44.3 Å².